The molecule has 1 aliphatic rings. The van der Waals surface area contributed by atoms with Crippen LogP contribution in [0.3, 0.4) is 0 Å². The number of anilines is 1. The molecule has 0 amide bonds. The molecule has 1 aliphatic carbocycles. The van der Waals surface area contributed by atoms with E-state index < -0.39 is 8.07 Å². The molecule has 25 heavy (non-hydrogen) atoms. The summed E-state index contributed by atoms with van der Waals surface area (Å²) < 4.78 is 7.97. The van der Waals surface area contributed by atoms with Gasteiger partial charge in [-0.1, -0.05) is 33.5 Å². The molecule has 2 N–H and O–H groups in total. The maximum atomic E-state index is 5.95. The van der Waals surface area contributed by atoms with Gasteiger partial charge in [0, 0.05) is 26.4 Å². The Labute approximate surface area is 150 Å². The van der Waals surface area contributed by atoms with E-state index in [1.54, 1.807) is 0 Å². The minimum absolute atomic E-state index is 0.320. The summed E-state index contributed by atoms with van der Waals surface area (Å²) in [5.74, 6) is 0.652. The van der Waals surface area contributed by atoms with Gasteiger partial charge in [-0.05, 0) is 30.4 Å². The largest absolute Gasteiger partial charge is 0.368 e. The van der Waals surface area contributed by atoms with E-state index in [4.69, 9.17) is 15.6 Å². The fourth-order valence-corrected chi connectivity index (χ4v) is 4.00. The highest BCUT2D eigenvalue weighted by atomic mass is 28.3. The molecular weight excluding hydrogens is 330 g/mol. The molecule has 2 aromatic heterocycles. The van der Waals surface area contributed by atoms with E-state index in [0.29, 0.717) is 18.6 Å². The van der Waals surface area contributed by atoms with Crippen LogP contribution >= 0.6 is 0 Å². The average molecular weight is 360 g/mol. The molecule has 136 valence electrons. The summed E-state index contributed by atoms with van der Waals surface area (Å²) in [6.45, 7) is 12.8. The monoisotopic (exact) mass is 359 g/mol. The minimum atomic E-state index is -1.08. The standard InChI is InChI=1S/C18H29N5OSi/c1-12(2)17-15-14(7-6-13-10-20-18(19)21-16(13)15)22-23(17)11-24-8-9-25(3,4)5/h10,12H,6-9,11H2,1-5H3,(H2,19,20,21). The SMILES string of the molecule is CC(C)c1c2c(nn1COCC[Si](C)(C)C)CCc1cnc(N)nc1-2. The summed E-state index contributed by atoms with van der Waals surface area (Å²) in [4.78, 5) is 8.67. The van der Waals surface area contributed by atoms with Crippen LogP contribution in [0, 0.1) is 0 Å². The Kier molecular flexibility index (Phi) is 4.97. The summed E-state index contributed by atoms with van der Waals surface area (Å²) in [6.07, 6.45) is 3.68. The van der Waals surface area contributed by atoms with E-state index in [1.165, 1.54) is 5.69 Å². The smallest absolute Gasteiger partial charge is 0.220 e. The van der Waals surface area contributed by atoms with Crippen LogP contribution in [0.25, 0.3) is 11.3 Å². The van der Waals surface area contributed by atoms with Crippen molar-refractivity contribution < 1.29 is 4.74 Å². The lowest BCUT2D eigenvalue weighted by Gasteiger charge is -2.18. The number of nitrogen functional groups attached to an aromatic ring is 1. The molecule has 0 fully saturated rings. The van der Waals surface area contributed by atoms with Gasteiger partial charge < -0.3 is 10.5 Å². The third-order valence-corrected chi connectivity index (χ3v) is 6.28. The minimum Gasteiger partial charge on any atom is -0.368 e. The Morgan fingerprint density at radius 3 is 2.72 bits per heavy atom. The van der Waals surface area contributed by atoms with Crippen LogP contribution in [0.5, 0.6) is 0 Å². The van der Waals surface area contributed by atoms with Crippen LogP contribution in [-0.4, -0.2) is 34.4 Å². The van der Waals surface area contributed by atoms with Crippen LogP contribution in [0.2, 0.25) is 25.7 Å². The van der Waals surface area contributed by atoms with Crippen molar-refractivity contribution in [3.63, 3.8) is 0 Å². The topological polar surface area (TPSA) is 78.8 Å². The molecule has 0 spiro atoms. The van der Waals surface area contributed by atoms with Crippen LogP contribution in [0.15, 0.2) is 6.20 Å². The normalized spacial score (nSPS) is 13.8. The first-order valence-corrected chi connectivity index (χ1v) is 12.8. The lowest BCUT2D eigenvalue weighted by molar-refractivity contribution is 0.0757. The van der Waals surface area contributed by atoms with Crippen molar-refractivity contribution in [1.82, 2.24) is 19.7 Å². The van der Waals surface area contributed by atoms with E-state index in [-0.39, 0.29) is 0 Å². The van der Waals surface area contributed by atoms with Gasteiger partial charge in [0.15, 0.2) is 0 Å². The zero-order valence-corrected chi connectivity index (χ0v) is 17.0. The summed E-state index contributed by atoms with van der Waals surface area (Å²) in [7, 11) is -1.08. The maximum absolute atomic E-state index is 5.95. The van der Waals surface area contributed by atoms with Gasteiger partial charge in [-0.15, -0.1) is 0 Å². The third-order valence-electron chi connectivity index (χ3n) is 4.57. The van der Waals surface area contributed by atoms with E-state index >= 15 is 0 Å². The predicted molar refractivity (Wildman–Crippen MR) is 103 cm³/mol. The summed E-state index contributed by atoms with van der Waals surface area (Å²) in [6, 6.07) is 1.16. The molecule has 6 nitrogen and oxygen atoms in total. The second-order valence-corrected chi connectivity index (χ2v) is 13.9. The second-order valence-electron chi connectivity index (χ2n) is 8.31. The van der Waals surface area contributed by atoms with Gasteiger partial charge in [0.05, 0.1) is 17.1 Å². The quantitative estimate of drug-likeness (QED) is 0.631. The molecule has 0 radical (unpaired) electrons. The van der Waals surface area contributed by atoms with Crippen molar-refractivity contribution in [2.24, 2.45) is 0 Å². The van der Waals surface area contributed by atoms with Crippen molar-refractivity contribution in [2.75, 3.05) is 12.3 Å². The van der Waals surface area contributed by atoms with Crippen LogP contribution in [-0.2, 0) is 24.3 Å². The van der Waals surface area contributed by atoms with Gasteiger partial charge in [0.1, 0.15) is 6.73 Å². The van der Waals surface area contributed by atoms with Gasteiger partial charge in [-0.3, -0.25) is 0 Å². The molecule has 7 heteroatoms. The number of aryl methyl sites for hydroxylation is 2. The average Bonchev–Trinajstić information content (AvgIpc) is 2.89. The number of aromatic nitrogens is 4. The summed E-state index contributed by atoms with van der Waals surface area (Å²) >= 11 is 0. The molecule has 0 atom stereocenters. The van der Waals surface area contributed by atoms with E-state index in [9.17, 15) is 0 Å². The number of rotatable bonds is 6. The molecular formula is C18H29N5OSi. The molecule has 2 heterocycles. The van der Waals surface area contributed by atoms with Crippen LogP contribution in [0.1, 0.15) is 36.7 Å². The first-order valence-electron chi connectivity index (χ1n) is 9.05. The zero-order chi connectivity index (χ0) is 18.2. The van der Waals surface area contributed by atoms with E-state index in [2.05, 4.69) is 43.5 Å². The predicted octanol–water partition coefficient (Wildman–Crippen LogP) is 3.46. The Balaban J connectivity index is 1.90. The molecule has 0 aromatic carbocycles. The molecule has 0 saturated carbocycles. The first-order chi connectivity index (χ1) is 11.8. The number of hydrogen-bond donors (Lipinski definition) is 1. The highest BCUT2D eigenvalue weighted by molar-refractivity contribution is 6.76. The second kappa shape index (κ2) is 6.88. The number of ether oxygens (including phenoxy) is 1. The first kappa shape index (κ1) is 18.1. The van der Waals surface area contributed by atoms with Crippen molar-refractivity contribution >= 4 is 14.0 Å². The maximum Gasteiger partial charge on any atom is 0.220 e. The van der Waals surface area contributed by atoms with Gasteiger partial charge in [-0.25, -0.2) is 14.6 Å². The van der Waals surface area contributed by atoms with Crippen molar-refractivity contribution in [1.29, 1.82) is 0 Å². The van der Waals surface area contributed by atoms with E-state index in [1.807, 2.05) is 10.9 Å². The molecule has 0 bridgehead atoms. The number of fused-ring (bicyclic) bond motifs is 3. The Morgan fingerprint density at radius 1 is 1.28 bits per heavy atom. The lowest BCUT2D eigenvalue weighted by atomic mass is 9.90. The number of hydrogen-bond acceptors (Lipinski definition) is 5. The Bertz CT molecular complexity index is 764. The molecule has 3 rings (SSSR count). The Morgan fingerprint density at radius 2 is 2.04 bits per heavy atom. The zero-order valence-electron chi connectivity index (χ0n) is 16.0. The van der Waals surface area contributed by atoms with Crippen LogP contribution in [0.4, 0.5) is 5.95 Å². The Hall–Kier alpha value is -1.73. The van der Waals surface area contributed by atoms with Gasteiger partial charge in [-0.2, -0.15) is 5.10 Å². The summed E-state index contributed by atoms with van der Waals surface area (Å²) in [5.41, 5.74) is 11.4. The van der Waals surface area contributed by atoms with Crippen molar-refractivity contribution in [3.8, 4) is 11.3 Å². The molecule has 0 aliphatic heterocycles. The highest BCUT2D eigenvalue weighted by Gasteiger charge is 2.28. The molecule has 0 unspecified atom stereocenters. The van der Waals surface area contributed by atoms with Gasteiger partial charge >= 0.3 is 0 Å². The van der Waals surface area contributed by atoms with Crippen molar-refractivity contribution in [3.05, 3.63) is 23.1 Å². The number of nitrogens with two attached hydrogens (primary N) is 1. The van der Waals surface area contributed by atoms with Crippen molar-refractivity contribution in [2.45, 2.75) is 65.0 Å². The van der Waals surface area contributed by atoms with Crippen LogP contribution < -0.4 is 5.73 Å². The van der Waals surface area contributed by atoms with Gasteiger partial charge in [0.25, 0.3) is 0 Å². The van der Waals surface area contributed by atoms with Gasteiger partial charge in [0.2, 0.25) is 5.95 Å². The van der Waals surface area contributed by atoms with E-state index in [0.717, 1.165) is 48.0 Å². The lowest BCUT2D eigenvalue weighted by Crippen LogP contribution is -2.22. The fourth-order valence-electron chi connectivity index (χ4n) is 3.25. The molecule has 2 aromatic rings. The number of nitrogens with zero attached hydrogens (tertiary/aromatic N) is 4. The summed E-state index contributed by atoms with van der Waals surface area (Å²) in [5, 5.41) is 4.84. The highest BCUT2D eigenvalue weighted by Crippen LogP contribution is 2.37. The fraction of sp³-hybridized carbons (Fsp3) is 0.611. The molecule has 0 saturated heterocycles. The third kappa shape index (κ3) is 3.93.